The molecule has 3 atom stereocenters. The molecule has 5 heteroatoms. The van der Waals surface area contributed by atoms with Gasteiger partial charge in [0.05, 0.1) is 6.10 Å². The van der Waals surface area contributed by atoms with E-state index in [-0.39, 0.29) is 36.3 Å². The third kappa shape index (κ3) is 3.29. The van der Waals surface area contributed by atoms with Crippen LogP contribution in [0.5, 0.6) is 0 Å². The smallest absolute Gasteiger partial charge is 0.223 e. The average Bonchev–Trinajstić information content (AvgIpc) is 3.12. The number of carbonyl (C=O) groups excluding carboxylic acids is 1. The Labute approximate surface area is 127 Å². The van der Waals surface area contributed by atoms with E-state index in [4.69, 9.17) is 0 Å². The normalized spacial score (nSPS) is 35.1. The highest BCUT2D eigenvalue weighted by Crippen LogP contribution is 2.58. The van der Waals surface area contributed by atoms with E-state index in [1.54, 1.807) is 0 Å². The molecule has 1 aliphatic heterocycles. The molecular formula is C15H27ClN2O2. The second-order valence-corrected chi connectivity index (χ2v) is 6.73. The molecule has 4 nitrogen and oxygen atoms in total. The van der Waals surface area contributed by atoms with Gasteiger partial charge in [-0.05, 0) is 50.6 Å². The summed E-state index contributed by atoms with van der Waals surface area (Å²) in [5, 5.41) is 16.4. The van der Waals surface area contributed by atoms with Crippen molar-refractivity contribution in [1.82, 2.24) is 10.6 Å². The van der Waals surface area contributed by atoms with Crippen LogP contribution in [0, 0.1) is 17.3 Å². The van der Waals surface area contributed by atoms with Crippen LogP contribution in [0.4, 0.5) is 0 Å². The second-order valence-electron chi connectivity index (χ2n) is 6.73. The Morgan fingerprint density at radius 3 is 2.65 bits per heavy atom. The number of piperidine rings is 1. The van der Waals surface area contributed by atoms with Crippen LogP contribution in [-0.4, -0.2) is 36.8 Å². The van der Waals surface area contributed by atoms with E-state index in [9.17, 15) is 9.90 Å². The molecule has 0 radical (unpaired) electrons. The molecule has 0 aromatic heterocycles. The molecule has 3 unspecified atom stereocenters. The van der Waals surface area contributed by atoms with Crippen molar-refractivity contribution in [2.24, 2.45) is 17.3 Å². The first-order valence-corrected chi connectivity index (χ1v) is 7.88. The van der Waals surface area contributed by atoms with E-state index < -0.39 is 0 Å². The number of amides is 1. The van der Waals surface area contributed by atoms with Gasteiger partial charge in [0.25, 0.3) is 0 Å². The van der Waals surface area contributed by atoms with Gasteiger partial charge in [-0.3, -0.25) is 4.79 Å². The van der Waals surface area contributed by atoms with E-state index in [2.05, 4.69) is 10.6 Å². The summed E-state index contributed by atoms with van der Waals surface area (Å²) in [6.45, 7) is 2.79. The van der Waals surface area contributed by atoms with Gasteiger partial charge in [0, 0.05) is 18.4 Å². The Morgan fingerprint density at radius 1 is 1.25 bits per heavy atom. The molecule has 0 aromatic rings. The molecule has 0 bridgehead atoms. The maximum absolute atomic E-state index is 12.2. The zero-order chi connectivity index (χ0) is 13.3. The lowest BCUT2D eigenvalue weighted by Gasteiger charge is -2.28. The summed E-state index contributed by atoms with van der Waals surface area (Å²) < 4.78 is 0. The Balaban J connectivity index is 0.00000147. The standard InChI is InChI=1S/C15H26N2O2.ClH/c18-13-4-2-1-3-11(13)10-17-14(19)12-9-15(12)5-7-16-8-6-15;/h11-13,16,18H,1-10H2,(H,17,19);1H. The van der Waals surface area contributed by atoms with Crippen LogP contribution in [0.1, 0.15) is 44.9 Å². The lowest BCUT2D eigenvalue weighted by atomic mass is 9.86. The number of carbonyl (C=O) groups is 1. The summed E-state index contributed by atoms with van der Waals surface area (Å²) in [4.78, 5) is 12.2. The van der Waals surface area contributed by atoms with Crippen LogP contribution in [0.15, 0.2) is 0 Å². The predicted molar refractivity (Wildman–Crippen MR) is 80.9 cm³/mol. The van der Waals surface area contributed by atoms with Crippen molar-refractivity contribution in [2.45, 2.75) is 51.0 Å². The Kier molecular flexibility index (Phi) is 5.32. The topological polar surface area (TPSA) is 61.4 Å². The summed E-state index contributed by atoms with van der Waals surface area (Å²) in [5.74, 6) is 0.760. The highest BCUT2D eigenvalue weighted by Gasteiger charge is 2.57. The highest BCUT2D eigenvalue weighted by molar-refractivity contribution is 5.85. The lowest BCUT2D eigenvalue weighted by molar-refractivity contribution is -0.123. The minimum Gasteiger partial charge on any atom is -0.393 e. The van der Waals surface area contributed by atoms with Gasteiger partial charge in [0.1, 0.15) is 0 Å². The van der Waals surface area contributed by atoms with E-state index in [0.717, 1.165) is 51.6 Å². The zero-order valence-electron chi connectivity index (χ0n) is 12.1. The second kappa shape index (κ2) is 6.63. The molecule has 1 heterocycles. The minimum absolute atomic E-state index is 0. The number of aliphatic hydroxyl groups is 1. The van der Waals surface area contributed by atoms with Gasteiger partial charge < -0.3 is 15.7 Å². The number of hydrogen-bond donors (Lipinski definition) is 3. The van der Waals surface area contributed by atoms with Crippen molar-refractivity contribution >= 4 is 18.3 Å². The van der Waals surface area contributed by atoms with Crippen LogP contribution in [0.2, 0.25) is 0 Å². The highest BCUT2D eigenvalue weighted by atomic mass is 35.5. The quantitative estimate of drug-likeness (QED) is 0.740. The molecule has 3 fully saturated rings. The van der Waals surface area contributed by atoms with Crippen LogP contribution in [-0.2, 0) is 4.79 Å². The number of halogens is 1. The summed E-state index contributed by atoms with van der Waals surface area (Å²) in [6.07, 6.45) is 7.45. The third-order valence-corrected chi connectivity index (χ3v) is 5.51. The number of aliphatic hydroxyl groups excluding tert-OH is 1. The van der Waals surface area contributed by atoms with E-state index in [1.807, 2.05) is 0 Å². The van der Waals surface area contributed by atoms with Crippen molar-refractivity contribution in [2.75, 3.05) is 19.6 Å². The molecule has 3 aliphatic rings. The molecule has 0 aromatic carbocycles. The molecule has 2 saturated carbocycles. The van der Waals surface area contributed by atoms with Gasteiger partial charge in [-0.2, -0.15) is 0 Å². The van der Waals surface area contributed by atoms with Crippen molar-refractivity contribution in [3.8, 4) is 0 Å². The van der Waals surface area contributed by atoms with E-state index in [0.29, 0.717) is 12.0 Å². The van der Waals surface area contributed by atoms with Crippen LogP contribution in [0.25, 0.3) is 0 Å². The van der Waals surface area contributed by atoms with Crippen LogP contribution in [0.3, 0.4) is 0 Å². The molecule has 20 heavy (non-hydrogen) atoms. The van der Waals surface area contributed by atoms with Crippen molar-refractivity contribution in [3.63, 3.8) is 0 Å². The maximum atomic E-state index is 12.2. The fourth-order valence-corrected chi connectivity index (χ4v) is 3.98. The fraction of sp³-hybridized carbons (Fsp3) is 0.933. The molecule has 2 aliphatic carbocycles. The molecule has 1 amide bonds. The summed E-state index contributed by atoms with van der Waals surface area (Å²) in [7, 11) is 0. The summed E-state index contributed by atoms with van der Waals surface area (Å²) in [6, 6.07) is 0. The number of rotatable bonds is 3. The molecule has 1 saturated heterocycles. The minimum atomic E-state index is -0.207. The molecular weight excluding hydrogens is 276 g/mol. The van der Waals surface area contributed by atoms with Crippen molar-refractivity contribution in [3.05, 3.63) is 0 Å². The molecule has 3 rings (SSSR count). The predicted octanol–water partition coefficient (Wildman–Crippen LogP) is 1.47. The number of nitrogens with one attached hydrogen (secondary N) is 2. The lowest BCUT2D eigenvalue weighted by Crippen LogP contribution is -2.39. The van der Waals surface area contributed by atoms with Gasteiger partial charge >= 0.3 is 0 Å². The Hall–Kier alpha value is -0.320. The van der Waals surface area contributed by atoms with Gasteiger partial charge in [0.2, 0.25) is 5.91 Å². The Morgan fingerprint density at radius 2 is 1.95 bits per heavy atom. The third-order valence-electron chi connectivity index (χ3n) is 5.51. The van der Waals surface area contributed by atoms with E-state index in [1.165, 1.54) is 6.42 Å². The SMILES string of the molecule is Cl.O=C(NCC1CCCCC1O)C1CC12CCNCC2. The first kappa shape index (κ1) is 16.1. The van der Waals surface area contributed by atoms with Gasteiger partial charge in [-0.15, -0.1) is 12.4 Å². The maximum Gasteiger partial charge on any atom is 0.223 e. The van der Waals surface area contributed by atoms with Crippen molar-refractivity contribution in [1.29, 1.82) is 0 Å². The average molecular weight is 303 g/mol. The molecule has 3 N–H and O–H groups in total. The largest absolute Gasteiger partial charge is 0.393 e. The Bertz CT molecular complexity index is 345. The van der Waals surface area contributed by atoms with Gasteiger partial charge in [-0.25, -0.2) is 0 Å². The zero-order valence-corrected chi connectivity index (χ0v) is 12.9. The van der Waals surface area contributed by atoms with Crippen LogP contribution >= 0.6 is 12.4 Å². The monoisotopic (exact) mass is 302 g/mol. The first-order chi connectivity index (χ1) is 9.21. The van der Waals surface area contributed by atoms with E-state index >= 15 is 0 Å². The summed E-state index contributed by atoms with van der Waals surface area (Å²) in [5.41, 5.74) is 0.320. The first-order valence-electron chi connectivity index (χ1n) is 7.88. The fourth-order valence-electron chi connectivity index (χ4n) is 3.98. The molecule has 1 spiro atoms. The molecule has 116 valence electrons. The summed E-state index contributed by atoms with van der Waals surface area (Å²) >= 11 is 0. The van der Waals surface area contributed by atoms with Gasteiger partial charge in [0.15, 0.2) is 0 Å². The van der Waals surface area contributed by atoms with Crippen LogP contribution < -0.4 is 10.6 Å². The van der Waals surface area contributed by atoms with Crippen molar-refractivity contribution < 1.29 is 9.90 Å². The van der Waals surface area contributed by atoms with Gasteiger partial charge in [-0.1, -0.05) is 12.8 Å². The number of hydrogen-bond acceptors (Lipinski definition) is 3.